The van der Waals surface area contributed by atoms with Crippen molar-refractivity contribution in [3.63, 3.8) is 0 Å². The predicted octanol–water partition coefficient (Wildman–Crippen LogP) is 6.00. The Morgan fingerprint density at radius 2 is 1.81 bits per heavy atom. The molecular weight excluding hydrogens is 427 g/mol. The summed E-state index contributed by atoms with van der Waals surface area (Å²) < 4.78 is 39.9. The van der Waals surface area contributed by atoms with E-state index in [1.165, 1.54) is 11.1 Å². The summed E-state index contributed by atoms with van der Waals surface area (Å²) in [5.74, 6) is -0.0421. The Labute approximate surface area is 183 Å². The van der Waals surface area contributed by atoms with Crippen LogP contribution in [0.4, 0.5) is 24.7 Å². The van der Waals surface area contributed by atoms with Gasteiger partial charge in [-0.2, -0.15) is 13.2 Å². The van der Waals surface area contributed by atoms with Gasteiger partial charge in [-0.15, -0.1) is 0 Å². The quantitative estimate of drug-likeness (QED) is 0.437. The van der Waals surface area contributed by atoms with E-state index in [9.17, 15) is 18.0 Å². The number of benzene rings is 2. The minimum absolute atomic E-state index is 0.0599. The number of halogens is 4. The molecule has 0 bridgehead atoms. The van der Waals surface area contributed by atoms with E-state index >= 15 is 0 Å². The Morgan fingerprint density at radius 1 is 1.10 bits per heavy atom. The van der Waals surface area contributed by atoms with Crippen molar-refractivity contribution in [2.75, 3.05) is 19.0 Å². The van der Waals surface area contributed by atoms with Gasteiger partial charge in [0.2, 0.25) is 0 Å². The maximum absolute atomic E-state index is 13.3. The molecule has 0 amide bonds. The second-order valence-electron chi connectivity index (χ2n) is 7.07. The first-order valence-electron chi connectivity index (χ1n) is 9.30. The zero-order valence-electron chi connectivity index (χ0n) is 16.8. The second kappa shape index (κ2) is 9.31. The molecule has 0 spiro atoms. The molecule has 0 aliphatic heterocycles. The molecule has 4 nitrogen and oxygen atoms in total. The van der Waals surface area contributed by atoms with Crippen LogP contribution in [0.2, 0.25) is 5.02 Å². The molecule has 3 rings (SSSR count). The van der Waals surface area contributed by atoms with Crippen molar-refractivity contribution >= 4 is 35.1 Å². The number of rotatable bonds is 6. The van der Waals surface area contributed by atoms with Gasteiger partial charge in [-0.1, -0.05) is 29.8 Å². The fourth-order valence-electron chi connectivity index (χ4n) is 2.82. The summed E-state index contributed by atoms with van der Waals surface area (Å²) in [5, 5.41) is 0.572. The number of carbonyl (C=O) groups is 1. The largest absolute Gasteiger partial charge is 0.416 e. The minimum Gasteiger partial charge on any atom is -0.363 e. The maximum atomic E-state index is 13.3. The normalized spacial score (nSPS) is 11.7. The molecule has 8 heteroatoms. The van der Waals surface area contributed by atoms with Crippen LogP contribution < -0.4 is 4.90 Å². The van der Waals surface area contributed by atoms with Gasteiger partial charge in [0.25, 0.3) is 0 Å². The number of aromatic nitrogens is 1. The predicted molar refractivity (Wildman–Crippen MR) is 117 cm³/mol. The fraction of sp³-hybridized carbons (Fsp3) is 0.174. The van der Waals surface area contributed by atoms with Gasteiger partial charge in [0.1, 0.15) is 5.82 Å². The summed E-state index contributed by atoms with van der Waals surface area (Å²) in [7, 11) is 3.25. The molecule has 2 aromatic carbocycles. The summed E-state index contributed by atoms with van der Waals surface area (Å²) >= 11 is 5.82. The molecule has 0 aliphatic rings. The number of hydrogen-bond donors (Lipinski definition) is 0. The monoisotopic (exact) mass is 445 g/mol. The summed E-state index contributed by atoms with van der Waals surface area (Å²) in [5.41, 5.74) is 1.14. The molecule has 3 aromatic rings. The van der Waals surface area contributed by atoms with Crippen molar-refractivity contribution < 1.29 is 18.0 Å². The van der Waals surface area contributed by atoms with Crippen molar-refractivity contribution in [3.8, 4) is 11.3 Å². The summed E-state index contributed by atoms with van der Waals surface area (Å²) in [4.78, 5) is 22.2. The van der Waals surface area contributed by atoms with Crippen molar-refractivity contribution in [1.82, 2.24) is 4.98 Å². The lowest BCUT2D eigenvalue weighted by Crippen LogP contribution is -2.14. The van der Waals surface area contributed by atoms with Crippen molar-refractivity contribution in [2.45, 2.75) is 12.6 Å². The van der Waals surface area contributed by atoms with Crippen LogP contribution in [0.25, 0.3) is 11.3 Å². The van der Waals surface area contributed by atoms with Crippen LogP contribution >= 0.6 is 11.6 Å². The first kappa shape index (κ1) is 22.5. The number of Topliss-reactive ketones (excluding diaryl/α,β-unsaturated/α-hetero) is 1. The van der Waals surface area contributed by atoms with E-state index in [2.05, 4.69) is 9.98 Å². The smallest absolute Gasteiger partial charge is 0.363 e. The fourth-order valence-corrected chi connectivity index (χ4v) is 2.94. The standard InChI is InChI=1S/C23H19ClF3N3O/c1-30(2)22-13-17(23(25,26)27)12-21(29-22)16-5-3-4-15(10-16)11-20(31)14-28-19-8-6-18(24)7-9-19/h3-10,12-14H,11H2,1-2H3. The zero-order chi connectivity index (χ0) is 22.6. The van der Waals surface area contributed by atoms with Gasteiger partial charge < -0.3 is 4.90 Å². The molecule has 160 valence electrons. The molecule has 0 aliphatic carbocycles. The molecule has 1 heterocycles. The van der Waals surface area contributed by atoms with E-state index in [-0.39, 0.29) is 23.7 Å². The number of hydrogen-bond acceptors (Lipinski definition) is 4. The number of pyridine rings is 1. The molecule has 31 heavy (non-hydrogen) atoms. The van der Waals surface area contributed by atoms with Gasteiger partial charge in [-0.25, -0.2) is 4.98 Å². The molecule has 0 radical (unpaired) electrons. The molecule has 0 saturated carbocycles. The van der Waals surface area contributed by atoms with Gasteiger partial charge >= 0.3 is 6.18 Å². The number of nitrogens with zero attached hydrogens (tertiary/aromatic N) is 3. The highest BCUT2D eigenvalue weighted by Crippen LogP contribution is 2.34. The minimum atomic E-state index is -4.49. The Hall–Kier alpha value is -3.19. The second-order valence-corrected chi connectivity index (χ2v) is 7.51. The van der Waals surface area contributed by atoms with Crippen LogP contribution in [-0.2, 0) is 17.4 Å². The third-order valence-electron chi connectivity index (χ3n) is 4.38. The van der Waals surface area contributed by atoms with E-state index in [0.717, 1.165) is 12.1 Å². The average molecular weight is 446 g/mol. The van der Waals surface area contributed by atoms with Gasteiger partial charge in [0.05, 0.1) is 23.2 Å². The summed E-state index contributed by atoms with van der Waals surface area (Å²) in [6, 6.07) is 15.5. The maximum Gasteiger partial charge on any atom is 0.416 e. The van der Waals surface area contributed by atoms with Crippen LogP contribution in [0.15, 0.2) is 65.7 Å². The Bertz CT molecular complexity index is 1110. The van der Waals surface area contributed by atoms with E-state index in [0.29, 0.717) is 21.8 Å². The van der Waals surface area contributed by atoms with E-state index in [1.54, 1.807) is 62.6 Å². The van der Waals surface area contributed by atoms with Crippen LogP contribution in [0, 0.1) is 0 Å². The third kappa shape index (κ3) is 6.15. The Morgan fingerprint density at radius 3 is 2.45 bits per heavy atom. The number of aliphatic imine (C=N–C) groups is 1. The van der Waals surface area contributed by atoms with E-state index in [1.807, 2.05) is 0 Å². The summed E-state index contributed by atoms with van der Waals surface area (Å²) in [6.07, 6.45) is -3.21. The first-order chi connectivity index (χ1) is 14.6. The van der Waals surface area contributed by atoms with Crippen LogP contribution in [0.5, 0.6) is 0 Å². The van der Waals surface area contributed by atoms with Gasteiger partial charge in [-0.05, 0) is 48.0 Å². The third-order valence-corrected chi connectivity index (χ3v) is 4.63. The molecule has 0 fully saturated rings. The lowest BCUT2D eigenvalue weighted by Gasteiger charge is -2.16. The van der Waals surface area contributed by atoms with Gasteiger partial charge in [0.15, 0.2) is 5.78 Å². The van der Waals surface area contributed by atoms with Crippen LogP contribution in [0.3, 0.4) is 0 Å². The molecule has 0 unspecified atom stereocenters. The number of carbonyl (C=O) groups excluding carboxylic acids is 1. The molecule has 0 N–H and O–H groups in total. The first-order valence-corrected chi connectivity index (χ1v) is 9.68. The highest BCUT2D eigenvalue weighted by Gasteiger charge is 2.32. The Kier molecular flexibility index (Phi) is 6.75. The van der Waals surface area contributed by atoms with E-state index < -0.39 is 11.7 Å². The van der Waals surface area contributed by atoms with Crippen molar-refractivity contribution in [1.29, 1.82) is 0 Å². The Balaban J connectivity index is 1.83. The lowest BCUT2D eigenvalue weighted by molar-refractivity contribution is -0.137. The van der Waals surface area contributed by atoms with Gasteiger partial charge in [-0.3, -0.25) is 9.79 Å². The molecule has 0 saturated heterocycles. The van der Waals surface area contributed by atoms with Crippen molar-refractivity contribution in [3.05, 3.63) is 76.8 Å². The number of alkyl halides is 3. The highest BCUT2D eigenvalue weighted by atomic mass is 35.5. The zero-order valence-corrected chi connectivity index (χ0v) is 17.6. The van der Waals surface area contributed by atoms with Crippen molar-refractivity contribution in [2.24, 2.45) is 4.99 Å². The number of anilines is 1. The molecule has 1 aromatic heterocycles. The average Bonchev–Trinajstić information content (AvgIpc) is 2.72. The van der Waals surface area contributed by atoms with Gasteiger partial charge in [0, 0.05) is 31.1 Å². The summed E-state index contributed by atoms with van der Waals surface area (Å²) in [6.45, 7) is 0. The lowest BCUT2D eigenvalue weighted by atomic mass is 10.0. The van der Waals surface area contributed by atoms with E-state index in [4.69, 9.17) is 11.6 Å². The highest BCUT2D eigenvalue weighted by molar-refractivity contribution is 6.30. The van der Waals surface area contributed by atoms with Crippen LogP contribution in [-0.4, -0.2) is 31.1 Å². The topological polar surface area (TPSA) is 45.6 Å². The molecule has 0 atom stereocenters. The van der Waals surface area contributed by atoms with Crippen LogP contribution in [0.1, 0.15) is 11.1 Å². The number of ketones is 1. The molecular formula is C23H19ClF3N3O. The SMILES string of the molecule is CN(C)c1cc(C(F)(F)F)cc(-c2cccc(CC(=O)C=Nc3ccc(Cl)cc3)c2)n1.